The highest BCUT2D eigenvalue weighted by Gasteiger charge is 2.32. The fraction of sp³-hybridized carbons (Fsp3) is 0.375. The smallest absolute Gasteiger partial charge is 0.449 e. The largest absolute Gasteiger partial charge is 0.509 e. The Bertz CT molecular complexity index is 1470. The molecule has 1 aliphatic carbocycles. The predicted molar refractivity (Wildman–Crippen MR) is 162 cm³/mol. The molecule has 1 fully saturated rings. The first kappa shape index (κ1) is 30.3. The first-order chi connectivity index (χ1) is 20.3. The molecule has 1 N–H and O–H groups in total. The Labute approximate surface area is 250 Å². The van der Waals surface area contributed by atoms with Crippen LogP contribution in [0.3, 0.4) is 0 Å². The third kappa shape index (κ3) is 6.76. The molecule has 43 heavy (non-hydrogen) atoms. The van der Waals surface area contributed by atoms with Crippen LogP contribution in [0.2, 0.25) is 0 Å². The van der Waals surface area contributed by atoms with Crippen LogP contribution in [0.4, 0.5) is 28.2 Å². The zero-order chi connectivity index (χ0) is 30.9. The molecule has 3 aromatic rings. The summed E-state index contributed by atoms with van der Waals surface area (Å²) in [6.07, 6.45) is -1.14. The van der Waals surface area contributed by atoms with E-state index in [4.69, 9.17) is 9.47 Å². The minimum atomic E-state index is -5.29. The molecule has 0 bridgehead atoms. The number of rotatable bonds is 6. The molecule has 0 aromatic heterocycles. The van der Waals surface area contributed by atoms with Crippen LogP contribution >= 0.6 is 0 Å². The zero-order valence-corrected chi connectivity index (χ0v) is 24.8. The zero-order valence-electron chi connectivity index (χ0n) is 24.8. The van der Waals surface area contributed by atoms with E-state index in [1.54, 1.807) is 31.7 Å². The SMILES string of the molecule is Cc1c(N2CCN(C(=O)OC(C)(C)C)CC2)cc(CNC(=O)OCC2c3ccccc3-c3ccccc32)cc1[B-](F)(F)F. The van der Waals surface area contributed by atoms with Crippen molar-refractivity contribution >= 4 is 30.3 Å². The van der Waals surface area contributed by atoms with Crippen LogP contribution in [0, 0.1) is 6.92 Å². The van der Waals surface area contributed by atoms with E-state index in [0.29, 0.717) is 37.4 Å². The number of anilines is 1. The Kier molecular flexibility index (Phi) is 8.36. The first-order valence-corrected chi connectivity index (χ1v) is 14.5. The van der Waals surface area contributed by atoms with Gasteiger partial charge in [-0.1, -0.05) is 60.2 Å². The maximum absolute atomic E-state index is 14.1. The molecule has 1 aliphatic heterocycles. The lowest BCUT2D eigenvalue weighted by molar-refractivity contribution is 0.0240. The summed E-state index contributed by atoms with van der Waals surface area (Å²) >= 11 is 0. The summed E-state index contributed by atoms with van der Waals surface area (Å²) in [5.41, 5.74) is 3.90. The summed E-state index contributed by atoms with van der Waals surface area (Å²) in [7, 11) is 0. The minimum absolute atomic E-state index is 0.109. The molecule has 0 unspecified atom stereocenters. The van der Waals surface area contributed by atoms with Crippen molar-refractivity contribution < 1.29 is 32.0 Å². The Morgan fingerprint density at radius 2 is 1.51 bits per heavy atom. The number of alkyl carbamates (subject to hydrolysis) is 1. The number of hydrogen-bond donors (Lipinski definition) is 1. The second-order valence-electron chi connectivity index (χ2n) is 12.0. The number of fused-ring (bicyclic) bond motifs is 3. The number of nitrogens with one attached hydrogen (secondary N) is 1. The third-order valence-corrected chi connectivity index (χ3v) is 7.89. The number of piperazine rings is 1. The molecule has 2 aliphatic rings. The summed E-state index contributed by atoms with van der Waals surface area (Å²) in [6.45, 7) is 2.86. The van der Waals surface area contributed by atoms with Crippen LogP contribution < -0.4 is 15.7 Å². The maximum Gasteiger partial charge on any atom is 0.509 e. The van der Waals surface area contributed by atoms with Gasteiger partial charge >= 0.3 is 19.2 Å². The van der Waals surface area contributed by atoms with Gasteiger partial charge < -0.3 is 37.5 Å². The number of carbonyl (C=O) groups is 2. The van der Waals surface area contributed by atoms with Crippen LogP contribution in [0.1, 0.15) is 48.9 Å². The van der Waals surface area contributed by atoms with Crippen molar-refractivity contribution in [3.05, 3.63) is 82.9 Å². The van der Waals surface area contributed by atoms with Crippen molar-refractivity contribution in [1.29, 1.82) is 0 Å². The number of hydrogen-bond acceptors (Lipinski definition) is 5. The number of benzene rings is 3. The van der Waals surface area contributed by atoms with Gasteiger partial charge in [0.05, 0.1) is 0 Å². The van der Waals surface area contributed by atoms with Gasteiger partial charge in [0.1, 0.15) is 12.2 Å². The fourth-order valence-corrected chi connectivity index (χ4v) is 5.83. The number of amides is 2. The van der Waals surface area contributed by atoms with Gasteiger partial charge in [-0.3, -0.25) is 0 Å². The minimum Gasteiger partial charge on any atom is -0.449 e. The third-order valence-electron chi connectivity index (χ3n) is 7.89. The first-order valence-electron chi connectivity index (χ1n) is 14.5. The Hall–Kier alpha value is -4.15. The van der Waals surface area contributed by atoms with E-state index in [0.717, 1.165) is 28.3 Å². The molecule has 0 radical (unpaired) electrons. The van der Waals surface area contributed by atoms with Crippen LogP contribution in [-0.4, -0.2) is 62.5 Å². The van der Waals surface area contributed by atoms with Crippen LogP contribution in [0.5, 0.6) is 0 Å². The van der Waals surface area contributed by atoms with Gasteiger partial charge in [-0.2, -0.15) is 0 Å². The Morgan fingerprint density at radius 1 is 0.930 bits per heavy atom. The molecule has 0 saturated carbocycles. The summed E-state index contributed by atoms with van der Waals surface area (Å²) < 4.78 is 53.3. The van der Waals surface area contributed by atoms with E-state index in [1.165, 1.54) is 6.92 Å². The normalized spacial score (nSPS) is 15.1. The summed E-state index contributed by atoms with van der Waals surface area (Å²) in [6, 6.07) is 18.7. The van der Waals surface area contributed by atoms with Crippen molar-refractivity contribution in [3.8, 4) is 11.1 Å². The summed E-state index contributed by atoms with van der Waals surface area (Å²) in [5, 5.41) is 2.63. The van der Waals surface area contributed by atoms with Crippen molar-refractivity contribution in [1.82, 2.24) is 10.2 Å². The molecule has 0 spiro atoms. The fourth-order valence-electron chi connectivity index (χ4n) is 5.83. The summed E-state index contributed by atoms with van der Waals surface area (Å²) in [4.78, 5) is 28.6. The average molecular weight is 594 g/mol. The van der Waals surface area contributed by atoms with Crippen LogP contribution in [0.25, 0.3) is 11.1 Å². The van der Waals surface area contributed by atoms with E-state index < -0.39 is 30.2 Å². The molecule has 0 atom stereocenters. The number of halogens is 3. The van der Waals surface area contributed by atoms with Crippen LogP contribution in [-0.2, 0) is 16.0 Å². The molecule has 1 saturated heterocycles. The van der Waals surface area contributed by atoms with Crippen LogP contribution in [0.15, 0.2) is 60.7 Å². The van der Waals surface area contributed by atoms with Gasteiger partial charge in [-0.05, 0) is 61.6 Å². The van der Waals surface area contributed by atoms with Gasteiger partial charge in [0.25, 0.3) is 0 Å². The monoisotopic (exact) mass is 594 g/mol. The van der Waals surface area contributed by atoms with E-state index >= 15 is 0 Å². The Balaban J connectivity index is 1.25. The second kappa shape index (κ2) is 11.9. The maximum atomic E-state index is 14.1. The molecular formula is C32H36BF3N3O4-. The highest BCUT2D eigenvalue weighted by molar-refractivity contribution is 6.74. The average Bonchev–Trinajstić information content (AvgIpc) is 3.27. The molecule has 228 valence electrons. The topological polar surface area (TPSA) is 71.1 Å². The standard InChI is InChI=1S/C32H36BF3N3O4/c1-21-28(33(34,35)36)17-22(18-29(21)38-13-15-39(16-14-38)31(41)43-32(2,3)4)19-37-30(40)42-20-27-25-11-7-5-9-23(25)24-10-6-8-12-26(24)27/h5-12,17-18,27H,13-16,19-20H2,1-4H3,(H,37,40)/q-1. The quantitative estimate of drug-likeness (QED) is 0.347. The summed E-state index contributed by atoms with van der Waals surface area (Å²) in [5.74, 6) is -0.122. The highest BCUT2D eigenvalue weighted by atomic mass is 19.4. The van der Waals surface area contributed by atoms with E-state index in [1.807, 2.05) is 53.4 Å². The number of ether oxygens (including phenoxy) is 2. The van der Waals surface area contributed by atoms with E-state index in [2.05, 4.69) is 5.32 Å². The number of carbonyl (C=O) groups excluding carboxylic acids is 2. The number of nitrogens with zero attached hydrogens (tertiary/aromatic N) is 2. The molecule has 7 nitrogen and oxygen atoms in total. The predicted octanol–water partition coefficient (Wildman–Crippen LogP) is 6.15. The lowest BCUT2D eigenvalue weighted by atomic mass is 9.75. The van der Waals surface area contributed by atoms with Crippen molar-refractivity contribution in [2.75, 3.05) is 37.7 Å². The van der Waals surface area contributed by atoms with Gasteiger partial charge in [0.15, 0.2) is 0 Å². The van der Waals surface area contributed by atoms with Gasteiger partial charge in [0.2, 0.25) is 0 Å². The Morgan fingerprint density at radius 3 is 2.07 bits per heavy atom. The molecule has 2 amide bonds. The van der Waals surface area contributed by atoms with Gasteiger partial charge in [-0.25, -0.2) is 9.59 Å². The van der Waals surface area contributed by atoms with E-state index in [9.17, 15) is 22.5 Å². The molecule has 1 heterocycles. The van der Waals surface area contributed by atoms with Crippen molar-refractivity contribution in [2.45, 2.75) is 45.8 Å². The van der Waals surface area contributed by atoms with Gasteiger partial charge in [0, 0.05) is 44.3 Å². The van der Waals surface area contributed by atoms with Crippen molar-refractivity contribution in [2.24, 2.45) is 0 Å². The van der Waals surface area contributed by atoms with Crippen molar-refractivity contribution in [3.63, 3.8) is 0 Å². The lowest BCUT2D eigenvalue weighted by Crippen LogP contribution is -2.50. The molecule has 3 aromatic carbocycles. The molecular weight excluding hydrogens is 558 g/mol. The molecule has 5 rings (SSSR count). The van der Waals surface area contributed by atoms with Gasteiger partial charge in [-0.15, -0.1) is 5.46 Å². The van der Waals surface area contributed by atoms with E-state index in [-0.39, 0.29) is 24.6 Å². The molecule has 11 heteroatoms. The lowest BCUT2D eigenvalue weighted by Gasteiger charge is -2.38. The second-order valence-corrected chi connectivity index (χ2v) is 12.0. The highest BCUT2D eigenvalue weighted by Crippen LogP contribution is 2.44.